The molecule has 2 nitrogen and oxygen atoms in total. The molecule has 1 aromatic carbocycles. The number of thiophene rings is 1. The molecule has 1 amide bonds. The third-order valence-electron chi connectivity index (χ3n) is 2.46. The summed E-state index contributed by atoms with van der Waals surface area (Å²) >= 11 is 4.79. The largest absolute Gasteiger partial charge is 0.322 e. The van der Waals surface area contributed by atoms with Gasteiger partial charge in [-0.2, -0.15) is 0 Å². The Labute approximate surface area is 117 Å². The van der Waals surface area contributed by atoms with E-state index in [1.807, 2.05) is 24.4 Å². The van der Waals surface area contributed by atoms with Gasteiger partial charge in [-0.1, -0.05) is 12.1 Å². The van der Waals surface area contributed by atoms with Gasteiger partial charge in [-0.3, -0.25) is 4.79 Å². The minimum absolute atomic E-state index is 0.205. The molecule has 1 aromatic heterocycles. The molecule has 2 aromatic rings. The minimum Gasteiger partial charge on any atom is -0.322 e. The zero-order chi connectivity index (χ0) is 13.1. The van der Waals surface area contributed by atoms with Gasteiger partial charge in [0.15, 0.2) is 0 Å². The summed E-state index contributed by atoms with van der Waals surface area (Å²) in [4.78, 5) is 12.8. The van der Waals surface area contributed by atoms with E-state index in [0.717, 1.165) is 10.4 Å². The van der Waals surface area contributed by atoms with E-state index in [9.17, 15) is 9.18 Å². The first-order chi connectivity index (χ1) is 8.58. The summed E-state index contributed by atoms with van der Waals surface area (Å²) in [7, 11) is 0. The molecule has 0 radical (unpaired) electrons. The van der Waals surface area contributed by atoms with Gasteiger partial charge in [0.1, 0.15) is 5.82 Å². The van der Waals surface area contributed by atoms with Crippen LogP contribution in [0.1, 0.15) is 10.4 Å². The highest BCUT2D eigenvalue weighted by Crippen LogP contribution is 2.29. The van der Waals surface area contributed by atoms with Crippen LogP contribution in [0.2, 0.25) is 0 Å². The number of nitrogens with one attached hydrogen (secondary N) is 1. The van der Waals surface area contributed by atoms with Gasteiger partial charge in [-0.15, -0.1) is 11.3 Å². The lowest BCUT2D eigenvalue weighted by molar-refractivity contribution is -0.115. The number of rotatable bonds is 3. The molecule has 0 bridgehead atoms. The van der Waals surface area contributed by atoms with Gasteiger partial charge in [0.05, 0.1) is 12.1 Å². The van der Waals surface area contributed by atoms with Crippen LogP contribution in [0.15, 0.2) is 34.1 Å². The van der Waals surface area contributed by atoms with Crippen LogP contribution in [0.25, 0.3) is 0 Å². The van der Waals surface area contributed by atoms with Crippen molar-refractivity contribution in [3.63, 3.8) is 0 Å². The van der Waals surface area contributed by atoms with E-state index in [1.54, 1.807) is 6.07 Å². The fraction of sp³-hybridized carbons (Fsp3) is 0.154. The summed E-state index contributed by atoms with van der Waals surface area (Å²) in [5, 5.41) is 4.51. The Hall–Kier alpha value is -1.20. The Morgan fingerprint density at radius 2 is 2.22 bits per heavy atom. The van der Waals surface area contributed by atoms with E-state index in [1.165, 1.54) is 17.4 Å². The highest BCUT2D eigenvalue weighted by Gasteiger charge is 2.13. The fourth-order valence-electron chi connectivity index (χ4n) is 1.53. The lowest BCUT2D eigenvalue weighted by Crippen LogP contribution is -2.15. The molecule has 1 N–H and O–H groups in total. The maximum absolute atomic E-state index is 13.6. The number of halogens is 2. The number of benzene rings is 1. The zero-order valence-corrected chi connectivity index (χ0v) is 12.1. The molecule has 5 heteroatoms. The van der Waals surface area contributed by atoms with E-state index in [-0.39, 0.29) is 18.0 Å². The second-order valence-electron chi connectivity index (χ2n) is 3.86. The standard InChI is InChI=1S/C13H11BrFNOS/c1-8-4-5-10(15)13(12(8)14)16-11(17)7-9-3-2-6-18-9/h2-6H,7H2,1H3,(H,16,17). The van der Waals surface area contributed by atoms with E-state index in [4.69, 9.17) is 0 Å². The maximum atomic E-state index is 13.6. The molecule has 0 unspecified atom stereocenters. The number of hydrogen-bond acceptors (Lipinski definition) is 2. The highest BCUT2D eigenvalue weighted by molar-refractivity contribution is 9.10. The average molecular weight is 328 g/mol. The van der Waals surface area contributed by atoms with Crippen LogP contribution in [0.4, 0.5) is 10.1 Å². The average Bonchev–Trinajstić information content (AvgIpc) is 2.82. The third-order valence-corrected chi connectivity index (χ3v) is 4.36. The minimum atomic E-state index is -0.438. The van der Waals surface area contributed by atoms with Crippen LogP contribution in [-0.4, -0.2) is 5.91 Å². The first-order valence-corrected chi connectivity index (χ1v) is 7.02. The number of anilines is 1. The van der Waals surface area contributed by atoms with E-state index >= 15 is 0 Å². The summed E-state index contributed by atoms with van der Waals surface area (Å²) in [6, 6.07) is 6.78. The molecule has 0 saturated carbocycles. The summed E-state index contributed by atoms with van der Waals surface area (Å²) in [6.45, 7) is 1.85. The van der Waals surface area contributed by atoms with Gasteiger partial charge >= 0.3 is 0 Å². The molecule has 1 heterocycles. The molecule has 0 atom stereocenters. The number of carbonyl (C=O) groups excluding carboxylic acids is 1. The Morgan fingerprint density at radius 1 is 1.44 bits per heavy atom. The van der Waals surface area contributed by atoms with Crippen molar-refractivity contribution in [2.24, 2.45) is 0 Å². The lowest BCUT2D eigenvalue weighted by atomic mass is 10.2. The van der Waals surface area contributed by atoms with Gasteiger partial charge < -0.3 is 5.32 Å². The van der Waals surface area contributed by atoms with Crippen molar-refractivity contribution < 1.29 is 9.18 Å². The number of aryl methyl sites for hydroxylation is 1. The Morgan fingerprint density at radius 3 is 2.89 bits per heavy atom. The molecule has 18 heavy (non-hydrogen) atoms. The highest BCUT2D eigenvalue weighted by atomic mass is 79.9. The van der Waals surface area contributed by atoms with Crippen molar-refractivity contribution in [2.45, 2.75) is 13.3 Å². The molecule has 0 saturated heterocycles. The van der Waals surface area contributed by atoms with Crippen molar-refractivity contribution >= 4 is 38.9 Å². The number of carbonyl (C=O) groups is 1. The third kappa shape index (κ3) is 2.97. The first-order valence-electron chi connectivity index (χ1n) is 5.35. The van der Waals surface area contributed by atoms with Crippen LogP contribution in [-0.2, 0) is 11.2 Å². The van der Waals surface area contributed by atoms with Gasteiger partial charge in [0.25, 0.3) is 0 Å². The summed E-state index contributed by atoms with van der Waals surface area (Å²) in [5.41, 5.74) is 1.08. The molecule has 94 valence electrons. The fourth-order valence-corrected chi connectivity index (χ4v) is 2.65. The molecule has 0 aliphatic rings. The normalized spacial score (nSPS) is 10.4. The Bertz CT molecular complexity index is 569. The van der Waals surface area contributed by atoms with Crippen molar-refractivity contribution in [3.05, 3.63) is 50.4 Å². The predicted octanol–water partition coefficient (Wildman–Crippen LogP) is 4.14. The van der Waals surface area contributed by atoms with Crippen molar-refractivity contribution in [3.8, 4) is 0 Å². The van der Waals surface area contributed by atoms with Crippen molar-refractivity contribution in [2.75, 3.05) is 5.32 Å². The molecular weight excluding hydrogens is 317 g/mol. The number of hydrogen-bond donors (Lipinski definition) is 1. The maximum Gasteiger partial charge on any atom is 0.229 e. The predicted molar refractivity (Wildman–Crippen MR) is 75.5 cm³/mol. The Balaban J connectivity index is 2.14. The van der Waals surface area contributed by atoms with Crippen LogP contribution in [0.3, 0.4) is 0 Å². The molecule has 0 fully saturated rings. The smallest absolute Gasteiger partial charge is 0.229 e. The topological polar surface area (TPSA) is 29.1 Å². The monoisotopic (exact) mass is 327 g/mol. The molecular formula is C13H11BrFNOS. The van der Waals surface area contributed by atoms with Crippen LogP contribution >= 0.6 is 27.3 Å². The van der Waals surface area contributed by atoms with Crippen LogP contribution < -0.4 is 5.32 Å². The van der Waals surface area contributed by atoms with Crippen LogP contribution in [0.5, 0.6) is 0 Å². The molecule has 0 aliphatic carbocycles. The lowest BCUT2D eigenvalue weighted by Gasteiger charge is -2.10. The summed E-state index contributed by atoms with van der Waals surface area (Å²) in [6.07, 6.45) is 0.261. The van der Waals surface area contributed by atoms with Gasteiger partial charge in [-0.25, -0.2) is 4.39 Å². The Kier molecular flexibility index (Phi) is 4.14. The van der Waals surface area contributed by atoms with Gasteiger partial charge in [0, 0.05) is 9.35 Å². The zero-order valence-electron chi connectivity index (χ0n) is 9.67. The summed E-state index contributed by atoms with van der Waals surface area (Å²) in [5.74, 6) is -0.658. The quantitative estimate of drug-likeness (QED) is 0.901. The number of amides is 1. The van der Waals surface area contributed by atoms with E-state index in [2.05, 4.69) is 21.2 Å². The first kappa shape index (κ1) is 13.2. The molecule has 2 rings (SSSR count). The van der Waals surface area contributed by atoms with Crippen molar-refractivity contribution in [1.29, 1.82) is 0 Å². The second-order valence-corrected chi connectivity index (χ2v) is 5.68. The molecule has 0 spiro atoms. The SMILES string of the molecule is Cc1ccc(F)c(NC(=O)Cc2cccs2)c1Br. The molecule has 0 aliphatic heterocycles. The van der Waals surface area contributed by atoms with Gasteiger partial charge in [0.2, 0.25) is 5.91 Å². The van der Waals surface area contributed by atoms with Crippen LogP contribution in [0, 0.1) is 12.7 Å². The van der Waals surface area contributed by atoms with Crippen molar-refractivity contribution in [1.82, 2.24) is 0 Å². The van der Waals surface area contributed by atoms with Gasteiger partial charge in [-0.05, 0) is 45.9 Å². The van der Waals surface area contributed by atoms with E-state index < -0.39 is 5.82 Å². The second kappa shape index (κ2) is 5.63. The summed E-state index contributed by atoms with van der Waals surface area (Å²) < 4.78 is 14.2. The van der Waals surface area contributed by atoms with E-state index in [0.29, 0.717) is 4.47 Å².